The van der Waals surface area contributed by atoms with Crippen molar-refractivity contribution in [2.24, 2.45) is 4.99 Å². The van der Waals surface area contributed by atoms with Crippen molar-refractivity contribution in [1.82, 2.24) is 9.55 Å². The van der Waals surface area contributed by atoms with Gasteiger partial charge in [0.15, 0.2) is 4.80 Å². The summed E-state index contributed by atoms with van der Waals surface area (Å²) in [4.78, 5) is 32.0. The SMILES string of the molecule is C#CCn1c(=NC(=O)c2ccc3ncsc3c2)sc2cc([N+](=O)[O-])ccc21. The fourth-order valence-corrected chi connectivity index (χ4v) is 4.42. The molecule has 2 heterocycles. The number of carbonyl (C=O) groups excluding carboxylic acids is 1. The molecule has 0 spiro atoms. The first-order valence-corrected chi connectivity index (χ1v) is 9.40. The average molecular weight is 394 g/mol. The molecular weight excluding hydrogens is 384 g/mol. The molecule has 2 aromatic carbocycles. The van der Waals surface area contributed by atoms with Crippen LogP contribution >= 0.6 is 22.7 Å². The molecule has 0 saturated carbocycles. The number of terminal acetylenes is 1. The first kappa shape index (κ1) is 17.1. The standard InChI is InChI=1S/C18H10N4O3S2/c1-2-7-21-14-6-4-12(22(24)25)9-16(14)27-18(21)20-17(23)11-3-5-13-15(8-11)26-10-19-13/h1,3-6,8-10H,7H2. The van der Waals surface area contributed by atoms with Gasteiger partial charge in [0, 0.05) is 17.7 Å². The summed E-state index contributed by atoms with van der Waals surface area (Å²) in [5.41, 5.74) is 3.67. The van der Waals surface area contributed by atoms with Gasteiger partial charge in [-0.05, 0) is 24.3 Å². The minimum absolute atomic E-state index is 0.0230. The van der Waals surface area contributed by atoms with Crippen molar-refractivity contribution in [1.29, 1.82) is 0 Å². The minimum atomic E-state index is -0.461. The number of fused-ring (bicyclic) bond motifs is 2. The lowest BCUT2D eigenvalue weighted by Gasteiger charge is -2.00. The Hall–Kier alpha value is -3.35. The molecule has 0 unspecified atom stereocenters. The van der Waals surface area contributed by atoms with Crippen molar-refractivity contribution in [3.63, 3.8) is 0 Å². The lowest BCUT2D eigenvalue weighted by atomic mass is 10.2. The molecule has 0 fully saturated rings. The van der Waals surface area contributed by atoms with E-state index in [9.17, 15) is 14.9 Å². The van der Waals surface area contributed by atoms with Gasteiger partial charge in [-0.3, -0.25) is 14.9 Å². The molecular formula is C18H10N4O3S2. The number of carbonyl (C=O) groups is 1. The van der Waals surface area contributed by atoms with Gasteiger partial charge in [0.1, 0.15) is 0 Å². The predicted molar refractivity (Wildman–Crippen MR) is 105 cm³/mol. The van der Waals surface area contributed by atoms with Crippen LogP contribution in [0.2, 0.25) is 0 Å². The molecule has 9 heteroatoms. The first-order valence-electron chi connectivity index (χ1n) is 7.70. The second kappa shape index (κ2) is 6.75. The van der Waals surface area contributed by atoms with Gasteiger partial charge in [0.2, 0.25) is 0 Å². The van der Waals surface area contributed by atoms with E-state index in [-0.39, 0.29) is 12.2 Å². The number of hydrogen-bond acceptors (Lipinski definition) is 6. The third-order valence-electron chi connectivity index (χ3n) is 3.90. The molecule has 0 aliphatic carbocycles. The van der Waals surface area contributed by atoms with Crippen LogP contribution in [0.4, 0.5) is 5.69 Å². The van der Waals surface area contributed by atoms with Crippen molar-refractivity contribution in [2.75, 3.05) is 0 Å². The summed E-state index contributed by atoms with van der Waals surface area (Å²) in [6, 6.07) is 9.69. The summed E-state index contributed by atoms with van der Waals surface area (Å²) >= 11 is 2.64. The van der Waals surface area contributed by atoms with Crippen LogP contribution in [-0.2, 0) is 6.54 Å². The van der Waals surface area contributed by atoms with Crippen LogP contribution in [-0.4, -0.2) is 20.4 Å². The summed E-state index contributed by atoms with van der Waals surface area (Å²) in [5.74, 6) is 2.13. The lowest BCUT2D eigenvalue weighted by Crippen LogP contribution is -2.16. The van der Waals surface area contributed by atoms with E-state index in [0.29, 0.717) is 20.6 Å². The number of non-ortho nitro benzene ring substituents is 1. The van der Waals surface area contributed by atoms with Crippen LogP contribution in [0.25, 0.3) is 20.4 Å². The van der Waals surface area contributed by atoms with E-state index in [4.69, 9.17) is 6.42 Å². The molecule has 27 heavy (non-hydrogen) atoms. The van der Waals surface area contributed by atoms with E-state index in [1.807, 2.05) is 0 Å². The average Bonchev–Trinajstić information content (AvgIpc) is 3.25. The molecule has 0 radical (unpaired) electrons. The number of nitro groups is 1. The molecule has 0 N–H and O–H groups in total. The van der Waals surface area contributed by atoms with Gasteiger partial charge in [-0.25, -0.2) is 4.98 Å². The van der Waals surface area contributed by atoms with Crippen molar-refractivity contribution in [2.45, 2.75) is 6.54 Å². The monoisotopic (exact) mass is 394 g/mol. The third kappa shape index (κ3) is 3.12. The molecule has 1 amide bonds. The zero-order valence-corrected chi connectivity index (χ0v) is 15.3. The van der Waals surface area contributed by atoms with E-state index >= 15 is 0 Å². The molecule has 0 aliphatic heterocycles. The van der Waals surface area contributed by atoms with Gasteiger partial charge >= 0.3 is 0 Å². The fraction of sp³-hybridized carbons (Fsp3) is 0.0556. The van der Waals surface area contributed by atoms with Gasteiger partial charge < -0.3 is 4.57 Å². The van der Waals surface area contributed by atoms with Gasteiger partial charge in [0.05, 0.1) is 37.4 Å². The topological polar surface area (TPSA) is 90.4 Å². The number of thiazole rings is 2. The number of nitrogens with zero attached hydrogens (tertiary/aromatic N) is 4. The largest absolute Gasteiger partial charge is 0.305 e. The zero-order valence-electron chi connectivity index (χ0n) is 13.7. The Morgan fingerprint density at radius 3 is 2.93 bits per heavy atom. The van der Waals surface area contributed by atoms with Crippen molar-refractivity contribution >= 4 is 54.7 Å². The number of aromatic nitrogens is 2. The Morgan fingerprint density at radius 1 is 1.30 bits per heavy atom. The van der Waals surface area contributed by atoms with E-state index in [2.05, 4.69) is 15.9 Å². The van der Waals surface area contributed by atoms with Gasteiger partial charge in [-0.1, -0.05) is 17.3 Å². The highest BCUT2D eigenvalue weighted by Crippen LogP contribution is 2.23. The summed E-state index contributed by atoms with van der Waals surface area (Å²) < 4.78 is 3.25. The molecule has 0 bridgehead atoms. The van der Waals surface area contributed by atoms with E-state index in [1.165, 1.54) is 34.8 Å². The van der Waals surface area contributed by atoms with Crippen LogP contribution in [0.1, 0.15) is 10.4 Å². The van der Waals surface area contributed by atoms with Gasteiger partial charge in [0.25, 0.3) is 11.6 Å². The summed E-state index contributed by atoms with van der Waals surface area (Å²) in [6.45, 7) is 0.206. The number of amides is 1. The molecule has 132 valence electrons. The molecule has 4 aromatic rings. The first-order chi connectivity index (χ1) is 13.1. The molecule has 0 aliphatic rings. The second-order valence-corrected chi connectivity index (χ2v) is 7.43. The zero-order chi connectivity index (χ0) is 19.0. The predicted octanol–water partition coefficient (Wildman–Crippen LogP) is 3.60. The van der Waals surface area contributed by atoms with Gasteiger partial charge in [-0.15, -0.1) is 17.8 Å². The normalized spacial score (nSPS) is 11.7. The maximum absolute atomic E-state index is 12.6. The lowest BCUT2D eigenvalue weighted by molar-refractivity contribution is -0.384. The van der Waals surface area contributed by atoms with Crippen LogP contribution in [0.3, 0.4) is 0 Å². The van der Waals surface area contributed by atoms with Crippen LogP contribution in [0.5, 0.6) is 0 Å². The fourth-order valence-electron chi connectivity index (χ4n) is 2.64. The van der Waals surface area contributed by atoms with Crippen LogP contribution < -0.4 is 4.80 Å². The highest BCUT2D eigenvalue weighted by Gasteiger charge is 2.13. The highest BCUT2D eigenvalue weighted by atomic mass is 32.1. The Labute approximate surface area is 160 Å². The third-order valence-corrected chi connectivity index (χ3v) is 5.73. The Morgan fingerprint density at radius 2 is 2.15 bits per heavy atom. The Bertz CT molecular complexity index is 1320. The minimum Gasteiger partial charge on any atom is -0.305 e. The molecule has 2 aromatic heterocycles. The second-order valence-electron chi connectivity index (χ2n) is 5.54. The highest BCUT2D eigenvalue weighted by molar-refractivity contribution is 7.17. The Kier molecular flexibility index (Phi) is 4.27. The number of benzene rings is 2. The van der Waals surface area contributed by atoms with Gasteiger partial charge in [-0.2, -0.15) is 4.99 Å². The number of rotatable bonds is 3. The smallest absolute Gasteiger partial charge is 0.279 e. The molecule has 7 nitrogen and oxygen atoms in total. The number of hydrogen-bond donors (Lipinski definition) is 0. The van der Waals surface area contributed by atoms with E-state index in [0.717, 1.165) is 10.2 Å². The Balaban J connectivity index is 1.85. The molecule has 4 rings (SSSR count). The van der Waals surface area contributed by atoms with Crippen molar-refractivity contribution < 1.29 is 9.72 Å². The quantitative estimate of drug-likeness (QED) is 0.302. The van der Waals surface area contributed by atoms with E-state index in [1.54, 1.807) is 34.3 Å². The van der Waals surface area contributed by atoms with Crippen LogP contribution in [0.15, 0.2) is 46.9 Å². The maximum atomic E-state index is 12.6. The summed E-state index contributed by atoms with van der Waals surface area (Å²) in [7, 11) is 0. The van der Waals surface area contributed by atoms with E-state index < -0.39 is 10.8 Å². The number of nitro benzene ring substituents is 1. The van der Waals surface area contributed by atoms with Crippen molar-refractivity contribution in [3.8, 4) is 12.3 Å². The summed E-state index contributed by atoms with van der Waals surface area (Å²) in [6.07, 6.45) is 5.44. The summed E-state index contributed by atoms with van der Waals surface area (Å²) in [5, 5.41) is 11.0. The molecule has 0 atom stereocenters. The maximum Gasteiger partial charge on any atom is 0.279 e. The van der Waals surface area contributed by atoms with Crippen LogP contribution in [0, 0.1) is 22.5 Å². The molecule has 0 saturated heterocycles. The van der Waals surface area contributed by atoms with Crippen molar-refractivity contribution in [3.05, 3.63) is 62.4 Å².